The Balaban J connectivity index is 1.60. The summed E-state index contributed by atoms with van der Waals surface area (Å²) in [6, 6.07) is 3.69. The Kier molecular flexibility index (Phi) is 5.92. The fourth-order valence-electron chi connectivity index (χ4n) is 3.11. The number of imidazole rings is 1. The summed E-state index contributed by atoms with van der Waals surface area (Å²) in [7, 11) is 0. The first-order chi connectivity index (χ1) is 12.6. The molecule has 0 radical (unpaired) electrons. The molecule has 1 atom stereocenters. The Morgan fingerprint density at radius 1 is 1.38 bits per heavy atom. The smallest absolute Gasteiger partial charge is 0.233 e. The number of hydrogen-bond acceptors (Lipinski definition) is 5. The van der Waals surface area contributed by atoms with Gasteiger partial charge in [0.05, 0.1) is 23.9 Å². The summed E-state index contributed by atoms with van der Waals surface area (Å²) in [5.41, 5.74) is 1.69. The van der Waals surface area contributed by atoms with Gasteiger partial charge in [-0.2, -0.15) is 11.8 Å². The summed E-state index contributed by atoms with van der Waals surface area (Å²) in [4.78, 5) is 34.9. The van der Waals surface area contributed by atoms with Gasteiger partial charge in [0.1, 0.15) is 5.82 Å². The molecular formula is C18H23N5O2S. The van der Waals surface area contributed by atoms with E-state index in [0.29, 0.717) is 25.4 Å². The molecule has 7 nitrogen and oxygen atoms in total. The summed E-state index contributed by atoms with van der Waals surface area (Å²) < 4.78 is 2.05. The molecule has 0 aliphatic carbocycles. The zero-order valence-electron chi connectivity index (χ0n) is 15.0. The van der Waals surface area contributed by atoms with Gasteiger partial charge in [0, 0.05) is 38.2 Å². The summed E-state index contributed by atoms with van der Waals surface area (Å²) in [6.45, 7) is 3.83. The van der Waals surface area contributed by atoms with E-state index in [1.165, 1.54) is 11.8 Å². The minimum absolute atomic E-state index is 0.0735. The Bertz CT molecular complexity index is 777. The Labute approximate surface area is 157 Å². The summed E-state index contributed by atoms with van der Waals surface area (Å²) in [5.74, 6) is 1.39. The molecule has 26 heavy (non-hydrogen) atoms. The third kappa shape index (κ3) is 4.24. The normalized spacial score (nSPS) is 16.2. The van der Waals surface area contributed by atoms with Gasteiger partial charge in [-0.15, -0.1) is 0 Å². The van der Waals surface area contributed by atoms with Crippen LogP contribution in [0.25, 0.3) is 0 Å². The predicted molar refractivity (Wildman–Crippen MR) is 101 cm³/mol. The number of hydrogen-bond donors (Lipinski definition) is 1. The van der Waals surface area contributed by atoms with Gasteiger partial charge >= 0.3 is 0 Å². The number of thioether (sulfide) groups is 1. The van der Waals surface area contributed by atoms with Crippen LogP contribution in [0, 0.1) is 0 Å². The number of nitrogens with one attached hydrogen (secondary N) is 1. The minimum atomic E-state index is -0.0766. The number of carbonyl (C=O) groups is 2. The number of nitrogens with zero attached hydrogens (tertiary/aromatic N) is 4. The lowest BCUT2D eigenvalue weighted by molar-refractivity contribution is -0.131. The number of pyridine rings is 1. The van der Waals surface area contributed by atoms with Crippen molar-refractivity contribution in [2.75, 3.05) is 18.6 Å². The Morgan fingerprint density at radius 3 is 2.96 bits per heavy atom. The van der Waals surface area contributed by atoms with Crippen LogP contribution in [-0.4, -0.2) is 49.8 Å². The lowest BCUT2D eigenvalue weighted by Crippen LogP contribution is -2.41. The maximum absolute atomic E-state index is 12.2. The molecule has 1 N–H and O–H groups in total. The quantitative estimate of drug-likeness (QED) is 0.828. The number of carbonyl (C=O) groups excluding carboxylic acids is 2. The first kappa shape index (κ1) is 18.4. The molecule has 2 aromatic rings. The lowest BCUT2D eigenvalue weighted by Gasteiger charge is -2.33. The van der Waals surface area contributed by atoms with Gasteiger partial charge in [-0.05, 0) is 24.8 Å². The first-order valence-electron chi connectivity index (χ1n) is 8.58. The van der Waals surface area contributed by atoms with Crippen LogP contribution in [-0.2, 0) is 29.1 Å². The highest BCUT2D eigenvalue weighted by Gasteiger charge is 2.29. The molecule has 1 aliphatic heterocycles. The zero-order chi connectivity index (χ0) is 18.5. The van der Waals surface area contributed by atoms with Crippen molar-refractivity contribution in [3.05, 3.63) is 47.8 Å². The van der Waals surface area contributed by atoms with Crippen molar-refractivity contribution in [1.29, 1.82) is 0 Å². The summed E-state index contributed by atoms with van der Waals surface area (Å²) >= 11 is 1.53. The van der Waals surface area contributed by atoms with Gasteiger partial charge in [0.2, 0.25) is 11.8 Å². The predicted octanol–water partition coefficient (Wildman–Crippen LogP) is 1.40. The highest BCUT2D eigenvalue weighted by molar-refractivity contribution is 7.99. The second kappa shape index (κ2) is 8.35. The van der Waals surface area contributed by atoms with Crippen LogP contribution in [0.4, 0.5) is 0 Å². The van der Waals surface area contributed by atoms with Crippen LogP contribution >= 0.6 is 11.8 Å². The molecule has 0 aromatic carbocycles. The maximum atomic E-state index is 12.2. The van der Waals surface area contributed by atoms with Crippen molar-refractivity contribution in [1.82, 2.24) is 24.8 Å². The van der Waals surface area contributed by atoms with Crippen molar-refractivity contribution in [3.63, 3.8) is 0 Å². The van der Waals surface area contributed by atoms with Gasteiger partial charge < -0.3 is 14.8 Å². The monoisotopic (exact) mass is 373 g/mol. The van der Waals surface area contributed by atoms with Gasteiger partial charge in [-0.1, -0.05) is 6.07 Å². The van der Waals surface area contributed by atoms with Crippen molar-refractivity contribution in [3.8, 4) is 0 Å². The first-order valence-corrected chi connectivity index (χ1v) is 9.98. The SMILES string of the molecule is CSCC(=O)N1CCn2cc(CC(=O)NCc3cccnc3)nc2C1C. The molecule has 2 aromatic heterocycles. The highest BCUT2D eigenvalue weighted by Crippen LogP contribution is 2.25. The van der Waals surface area contributed by atoms with E-state index in [4.69, 9.17) is 0 Å². The van der Waals surface area contributed by atoms with Crippen molar-refractivity contribution >= 4 is 23.6 Å². The average molecular weight is 373 g/mol. The number of fused-ring (bicyclic) bond motifs is 1. The van der Waals surface area contributed by atoms with E-state index in [1.54, 1.807) is 12.4 Å². The van der Waals surface area contributed by atoms with E-state index in [-0.39, 0.29) is 24.3 Å². The molecule has 2 amide bonds. The lowest BCUT2D eigenvalue weighted by atomic mass is 10.2. The van der Waals surface area contributed by atoms with Crippen molar-refractivity contribution in [2.24, 2.45) is 0 Å². The molecule has 0 saturated heterocycles. The molecule has 8 heteroatoms. The molecule has 1 unspecified atom stereocenters. The average Bonchev–Trinajstić information content (AvgIpc) is 3.05. The fraction of sp³-hybridized carbons (Fsp3) is 0.444. The van der Waals surface area contributed by atoms with E-state index in [1.807, 2.05) is 36.4 Å². The molecular weight excluding hydrogens is 350 g/mol. The number of amides is 2. The van der Waals surface area contributed by atoms with Crippen LogP contribution in [0.3, 0.4) is 0 Å². The van der Waals surface area contributed by atoms with Crippen LogP contribution < -0.4 is 5.32 Å². The topological polar surface area (TPSA) is 80.1 Å². The fourth-order valence-corrected chi connectivity index (χ4v) is 3.52. The second-order valence-electron chi connectivity index (χ2n) is 6.29. The van der Waals surface area contributed by atoms with Crippen LogP contribution in [0.15, 0.2) is 30.7 Å². The molecule has 0 bridgehead atoms. The van der Waals surface area contributed by atoms with Gasteiger partial charge in [-0.25, -0.2) is 4.98 Å². The zero-order valence-corrected chi connectivity index (χ0v) is 15.8. The van der Waals surface area contributed by atoms with E-state index < -0.39 is 0 Å². The Hall–Kier alpha value is -2.35. The molecule has 3 heterocycles. The molecule has 0 saturated carbocycles. The van der Waals surface area contributed by atoms with E-state index >= 15 is 0 Å². The number of rotatable bonds is 6. The van der Waals surface area contributed by atoms with Crippen molar-refractivity contribution in [2.45, 2.75) is 32.5 Å². The molecule has 3 rings (SSSR count). The van der Waals surface area contributed by atoms with Gasteiger partial charge in [-0.3, -0.25) is 14.6 Å². The largest absolute Gasteiger partial charge is 0.352 e. The van der Waals surface area contributed by atoms with Crippen molar-refractivity contribution < 1.29 is 9.59 Å². The van der Waals surface area contributed by atoms with E-state index in [9.17, 15) is 9.59 Å². The third-order valence-electron chi connectivity index (χ3n) is 4.42. The summed E-state index contributed by atoms with van der Waals surface area (Å²) in [5, 5.41) is 2.89. The molecule has 138 valence electrons. The van der Waals surface area contributed by atoms with Crippen LogP contribution in [0.1, 0.15) is 30.0 Å². The molecule has 0 fully saturated rings. The van der Waals surface area contributed by atoms with E-state index in [2.05, 4.69) is 19.9 Å². The van der Waals surface area contributed by atoms with E-state index in [0.717, 1.165) is 17.1 Å². The highest BCUT2D eigenvalue weighted by atomic mass is 32.2. The third-order valence-corrected chi connectivity index (χ3v) is 4.96. The van der Waals surface area contributed by atoms with Crippen LogP contribution in [0.5, 0.6) is 0 Å². The minimum Gasteiger partial charge on any atom is -0.352 e. The van der Waals surface area contributed by atoms with Gasteiger partial charge in [0.25, 0.3) is 0 Å². The summed E-state index contributed by atoms with van der Waals surface area (Å²) in [6.07, 6.45) is 7.51. The standard InChI is InChI=1S/C18H23N5O2S/c1-13-18-21-15(8-16(24)20-10-14-4-3-5-19-9-14)11-22(18)6-7-23(13)17(25)12-26-2/h3-5,9,11,13H,6-8,10,12H2,1-2H3,(H,20,24). The maximum Gasteiger partial charge on any atom is 0.233 e. The second-order valence-corrected chi connectivity index (χ2v) is 7.16. The number of aromatic nitrogens is 3. The Morgan fingerprint density at radius 2 is 2.23 bits per heavy atom. The van der Waals surface area contributed by atoms with Gasteiger partial charge in [0.15, 0.2) is 0 Å². The molecule has 1 aliphatic rings. The van der Waals surface area contributed by atoms with Crippen LogP contribution in [0.2, 0.25) is 0 Å². The molecule has 0 spiro atoms.